The Morgan fingerprint density at radius 3 is 2.92 bits per heavy atom. The molecule has 1 aliphatic rings. The number of nitro benzene ring substituents is 1. The Labute approximate surface area is 146 Å². The molecule has 0 saturated carbocycles. The van der Waals surface area contributed by atoms with E-state index in [0.717, 1.165) is 6.08 Å². The molecule has 0 bridgehead atoms. The minimum atomic E-state index is -0.642. The molecule has 2 heterocycles. The number of pyridine rings is 1. The highest BCUT2D eigenvalue weighted by molar-refractivity contribution is 6.13. The van der Waals surface area contributed by atoms with Crippen molar-refractivity contribution in [2.75, 3.05) is 10.6 Å². The SMILES string of the molecule is O=C(/C=C1/Nc2cccnc2NC1=O)N/N=C/c1cccc([N+](=O)[O-])c1. The average Bonchev–Trinajstić information content (AvgIpc) is 2.62. The maximum Gasteiger partial charge on any atom is 0.273 e. The number of anilines is 2. The predicted octanol–water partition coefficient (Wildman–Crippen LogP) is 1.39. The van der Waals surface area contributed by atoms with Crippen LogP contribution >= 0.6 is 0 Å². The molecule has 0 saturated heterocycles. The van der Waals surface area contributed by atoms with E-state index in [-0.39, 0.29) is 11.4 Å². The van der Waals surface area contributed by atoms with Crippen molar-refractivity contribution in [1.29, 1.82) is 0 Å². The maximum atomic E-state index is 11.9. The zero-order chi connectivity index (χ0) is 18.5. The molecule has 10 heteroatoms. The Kier molecular flexibility index (Phi) is 4.65. The molecule has 0 spiro atoms. The summed E-state index contributed by atoms with van der Waals surface area (Å²) in [6.45, 7) is 0. The fourth-order valence-corrected chi connectivity index (χ4v) is 2.14. The fourth-order valence-electron chi connectivity index (χ4n) is 2.14. The Hall–Kier alpha value is -4.08. The molecule has 1 aromatic carbocycles. The van der Waals surface area contributed by atoms with Gasteiger partial charge in [0.1, 0.15) is 5.70 Å². The van der Waals surface area contributed by atoms with Gasteiger partial charge in [-0.25, -0.2) is 10.4 Å². The molecule has 1 aliphatic heterocycles. The number of carbonyl (C=O) groups excluding carboxylic acids is 2. The minimum Gasteiger partial charge on any atom is -0.348 e. The highest BCUT2D eigenvalue weighted by Gasteiger charge is 2.20. The normalized spacial score (nSPS) is 14.5. The van der Waals surface area contributed by atoms with E-state index in [9.17, 15) is 19.7 Å². The molecule has 0 unspecified atom stereocenters. The molecule has 130 valence electrons. The first-order valence-electron chi connectivity index (χ1n) is 7.35. The molecule has 0 radical (unpaired) electrons. The number of hydrogen-bond donors (Lipinski definition) is 3. The molecule has 1 aromatic heterocycles. The lowest BCUT2D eigenvalue weighted by Gasteiger charge is -2.19. The summed E-state index contributed by atoms with van der Waals surface area (Å²) in [5, 5.41) is 19.8. The van der Waals surface area contributed by atoms with E-state index in [1.807, 2.05) is 0 Å². The van der Waals surface area contributed by atoms with Crippen molar-refractivity contribution in [3.63, 3.8) is 0 Å². The van der Waals surface area contributed by atoms with Crippen LogP contribution in [0, 0.1) is 10.1 Å². The van der Waals surface area contributed by atoms with E-state index in [1.54, 1.807) is 18.2 Å². The van der Waals surface area contributed by atoms with Crippen LogP contribution in [0.1, 0.15) is 5.56 Å². The number of hydrogen-bond acceptors (Lipinski definition) is 7. The van der Waals surface area contributed by atoms with Gasteiger partial charge in [-0.3, -0.25) is 19.7 Å². The molecule has 26 heavy (non-hydrogen) atoms. The summed E-state index contributed by atoms with van der Waals surface area (Å²) in [7, 11) is 0. The van der Waals surface area contributed by atoms with Crippen molar-refractivity contribution in [3.05, 3.63) is 70.0 Å². The maximum absolute atomic E-state index is 11.9. The number of nitro groups is 1. The van der Waals surface area contributed by atoms with Crippen LogP contribution in [0.25, 0.3) is 0 Å². The second-order valence-corrected chi connectivity index (χ2v) is 5.12. The zero-order valence-electron chi connectivity index (χ0n) is 13.2. The van der Waals surface area contributed by atoms with Gasteiger partial charge in [-0.1, -0.05) is 12.1 Å². The first-order chi connectivity index (χ1) is 12.5. The summed E-state index contributed by atoms with van der Waals surface area (Å²) in [5.74, 6) is -0.774. The van der Waals surface area contributed by atoms with Crippen LogP contribution in [-0.2, 0) is 9.59 Å². The van der Waals surface area contributed by atoms with Crippen LogP contribution in [0.15, 0.2) is 59.5 Å². The molecule has 0 atom stereocenters. The van der Waals surface area contributed by atoms with Crippen molar-refractivity contribution < 1.29 is 14.5 Å². The number of aromatic nitrogens is 1. The van der Waals surface area contributed by atoms with Gasteiger partial charge in [0.25, 0.3) is 17.5 Å². The van der Waals surface area contributed by atoms with Gasteiger partial charge in [0.05, 0.1) is 16.8 Å². The molecule has 2 aromatic rings. The van der Waals surface area contributed by atoms with E-state index < -0.39 is 16.7 Å². The molecular weight excluding hydrogens is 340 g/mol. The highest BCUT2D eigenvalue weighted by atomic mass is 16.6. The van der Waals surface area contributed by atoms with E-state index >= 15 is 0 Å². The molecule has 3 N–H and O–H groups in total. The first kappa shape index (κ1) is 16.8. The molecular formula is C16H12N6O4. The van der Waals surface area contributed by atoms with Gasteiger partial charge in [0.15, 0.2) is 5.82 Å². The summed E-state index contributed by atoms with van der Waals surface area (Å²) >= 11 is 0. The van der Waals surface area contributed by atoms with Gasteiger partial charge in [0, 0.05) is 30.0 Å². The number of rotatable bonds is 4. The van der Waals surface area contributed by atoms with Gasteiger partial charge in [-0.15, -0.1) is 0 Å². The predicted molar refractivity (Wildman–Crippen MR) is 93.4 cm³/mol. The van der Waals surface area contributed by atoms with Crippen molar-refractivity contribution in [3.8, 4) is 0 Å². The van der Waals surface area contributed by atoms with Gasteiger partial charge < -0.3 is 10.6 Å². The van der Waals surface area contributed by atoms with Crippen molar-refractivity contribution in [2.45, 2.75) is 0 Å². The summed E-state index contributed by atoms with van der Waals surface area (Å²) in [4.78, 5) is 38.0. The third kappa shape index (κ3) is 3.87. The number of nitrogens with zero attached hydrogens (tertiary/aromatic N) is 3. The Balaban J connectivity index is 1.65. The number of non-ortho nitro benzene ring substituents is 1. The first-order valence-corrected chi connectivity index (χ1v) is 7.35. The van der Waals surface area contributed by atoms with Gasteiger partial charge in [0.2, 0.25) is 0 Å². The highest BCUT2D eigenvalue weighted by Crippen LogP contribution is 2.24. The van der Waals surface area contributed by atoms with Crippen LogP contribution in [0.5, 0.6) is 0 Å². The van der Waals surface area contributed by atoms with Crippen molar-refractivity contribution in [1.82, 2.24) is 10.4 Å². The van der Waals surface area contributed by atoms with Crippen molar-refractivity contribution >= 4 is 35.2 Å². The van der Waals surface area contributed by atoms with Crippen LogP contribution in [0.4, 0.5) is 17.2 Å². The van der Waals surface area contributed by atoms with Crippen LogP contribution in [0.3, 0.4) is 0 Å². The lowest BCUT2D eigenvalue weighted by molar-refractivity contribution is -0.384. The zero-order valence-corrected chi connectivity index (χ0v) is 13.2. The summed E-state index contributed by atoms with van der Waals surface area (Å²) in [6, 6.07) is 9.15. The summed E-state index contributed by atoms with van der Waals surface area (Å²) < 4.78 is 0. The molecule has 3 rings (SSSR count). The quantitative estimate of drug-likeness (QED) is 0.329. The number of fused-ring (bicyclic) bond motifs is 1. The number of benzene rings is 1. The van der Waals surface area contributed by atoms with Crippen LogP contribution in [-0.4, -0.2) is 27.9 Å². The Morgan fingerprint density at radius 1 is 1.27 bits per heavy atom. The van der Waals surface area contributed by atoms with E-state index in [1.165, 1.54) is 30.6 Å². The van der Waals surface area contributed by atoms with Gasteiger partial charge >= 0.3 is 0 Å². The number of carbonyl (C=O) groups is 2. The molecule has 10 nitrogen and oxygen atoms in total. The number of nitrogens with one attached hydrogen (secondary N) is 3. The summed E-state index contributed by atoms with van der Waals surface area (Å²) in [5.41, 5.74) is 3.18. The fraction of sp³-hybridized carbons (Fsp3) is 0. The molecule has 0 fully saturated rings. The average molecular weight is 352 g/mol. The monoisotopic (exact) mass is 352 g/mol. The van der Waals surface area contributed by atoms with Crippen LogP contribution in [0.2, 0.25) is 0 Å². The smallest absolute Gasteiger partial charge is 0.273 e. The van der Waals surface area contributed by atoms with Crippen molar-refractivity contribution in [2.24, 2.45) is 5.10 Å². The summed E-state index contributed by atoms with van der Waals surface area (Å²) in [6.07, 6.45) is 3.85. The van der Waals surface area contributed by atoms with E-state index in [2.05, 4.69) is 26.1 Å². The number of amides is 2. The van der Waals surface area contributed by atoms with E-state index in [4.69, 9.17) is 0 Å². The second-order valence-electron chi connectivity index (χ2n) is 5.12. The Bertz CT molecular complexity index is 953. The molecule has 0 aliphatic carbocycles. The van der Waals surface area contributed by atoms with Gasteiger partial charge in [-0.05, 0) is 12.1 Å². The van der Waals surface area contributed by atoms with Gasteiger partial charge in [-0.2, -0.15) is 5.10 Å². The van der Waals surface area contributed by atoms with Crippen LogP contribution < -0.4 is 16.1 Å². The standard InChI is InChI=1S/C16H12N6O4/c23-14(21-18-9-10-3-1-4-11(7-10)22(25)26)8-13-16(24)20-15-12(19-13)5-2-6-17-15/h1-9,19H,(H,21,23)(H,17,20,24)/b13-8+,18-9+. The third-order valence-corrected chi connectivity index (χ3v) is 3.30. The minimum absolute atomic E-state index is 0.0357. The Morgan fingerprint density at radius 2 is 2.12 bits per heavy atom. The third-order valence-electron chi connectivity index (χ3n) is 3.30. The molecule has 2 amide bonds. The topological polar surface area (TPSA) is 139 Å². The lowest BCUT2D eigenvalue weighted by Crippen LogP contribution is -2.28. The second kappa shape index (κ2) is 7.21. The number of hydrazone groups is 1. The largest absolute Gasteiger partial charge is 0.348 e. The lowest BCUT2D eigenvalue weighted by atomic mass is 10.2. The van der Waals surface area contributed by atoms with E-state index in [0.29, 0.717) is 17.1 Å².